The van der Waals surface area contributed by atoms with E-state index < -0.39 is 45.6 Å². The number of aryl methyl sites for hydroxylation is 1. The maximum atomic E-state index is 13.9. The Labute approximate surface area is 196 Å². The molecule has 0 aliphatic rings. The zero-order valence-corrected chi connectivity index (χ0v) is 18.8. The Kier molecular flexibility index (Phi) is 6.34. The molecule has 35 heavy (non-hydrogen) atoms. The number of halogens is 4. The third-order valence-corrected chi connectivity index (χ3v) is 6.25. The molecule has 0 unspecified atom stereocenters. The molecule has 0 aliphatic heterocycles. The van der Waals surface area contributed by atoms with Gasteiger partial charge in [-0.25, -0.2) is 31.0 Å². The summed E-state index contributed by atoms with van der Waals surface area (Å²) in [4.78, 5) is 7.66. The Morgan fingerprint density at radius 2 is 1.83 bits per heavy atom. The molecule has 0 saturated heterocycles. The summed E-state index contributed by atoms with van der Waals surface area (Å²) < 4.78 is 86.9. The lowest BCUT2D eigenvalue weighted by Gasteiger charge is -2.15. The second-order valence-electron chi connectivity index (χ2n) is 7.51. The molecule has 0 radical (unpaired) electrons. The molecule has 0 aliphatic carbocycles. The predicted octanol–water partition coefficient (Wildman–Crippen LogP) is 3.38. The van der Waals surface area contributed by atoms with Crippen molar-refractivity contribution in [3.8, 4) is 17.3 Å². The number of hydrogen-bond donors (Lipinski definition) is 3. The van der Waals surface area contributed by atoms with Crippen LogP contribution in [-0.2, 0) is 10.0 Å². The van der Waals surface area contributed by atoms with Crippen LogP contribution >= 0.6 is 0 Å². The number of nitrogens with one attached hydrogen (secondary N) is 2. The summed E-state index contributed by atoms with van der Waals surface area (Å²) >= 11 is 0. The topological polar surface area (TPSA) is 136 Å². The summed E-state index contributed by atoms with van der Waals surface area (Å²) in [6.45, 7) is -0.263. The van der Waals surface area contributed by atoms with E-state index in [1.165, 1.54) is 24.3 Å². The van der Waals surface area contributed by atoms with Crippen molar-refractivity contribution >= 4 is 26.7 Å². The van der Waals surface area contributed by atoms with Crippen molar-refractivity contribution in [2.45, 2.75) is 17.7 Å². The standard InChI is InChI=1S/C21H18F4N6O3S/c1-11-17-19(30-29-11)27-18(28-20(17)34-10-21(24,25)9-26)12-2-5-14(6-3-12)31-35(32,33)16-8-13(22)4-7-15(16)23/h2-8,31H,9-10,26H2,1H3,(H,27,28,29,30). The van der Waals surface area contributed by atoms with Gasteiger partial charge in [0.15, 0.2) is 18.1 Å². The number of aromatic amines is 1. The molecule has 184 valence electrons. The van der Waals surface area contributed by atoms with Gasteiger partial charge < -0.3 is 10.5 Å². The second-order valence-corrected chi connectivity index (χ2v) is 9.16. The van der Waals surface area contributed by atoms with E-state index in [-0.39, 0.29) is 23.0 Å². The van der Waals surface area contributed by atoms with Gasteiger partial charge in [-0.1, -0.05) is 0 Å². The monoisotopic (exact) mass is 510 g/mol. The van der Waals surface area contributed by atoms with Crippen LogP contribution in [0.25, 0.3) is 22.4 Å². The molecular weight excluding hydrogens is 492 g/mol. The summed E-state index contributed by atoms with van der Waals surface area (Å²) in [5, 5.41) is 7.03. The minimum Gasteiger partial charge on any atom is -0.471 e. The van der Waals surface area contributed by atoms with Crippen LogP contribution in [0.15, 0.2) is 47.4 Å². The molecule has 0 atom stereocenters. The van der Waals surface area contributed by atoms with Crippen LogP contribution < -0.4 is 15.2 Å². The van der Waals surface area contributed by atoms with Crippen molar-refractivity contribution in [3.05, 3.63) is 59.8 Å². The van der Waals surface area contributed by atoms with E-state index in [2.05, 4.69) is 24.9 Å². The van der Waals surface area contributed by atoms with E-state index in [1.54, 1.807) is 6.92 Å². The molecule has 2 aromatic carbocycles. The van der Waals surface area contributed by atoms with Crippen LogP contribution in [0.1, 0.15) is 5.69 Å². The van der Waals surface area contributed by atoms with Gasteiger partial charge in [-0.2, -0.15) is 10.1 Å². The summed E-state index contributed by atoms with van der Waals surface area (Å²) in [5.74, 6) is -5.35. The SMILES string of the molecule is Cc1[nH]nc2nc(-c3ccc(NS(=O)(=O)c4cc(F)ccc4F)cc3)nc(OCC(F)(F)CN)c12. The van der Waals surface area contributed by atoms with Crippen LogP contribution in [0.3, 0.4) is 0 Å². The van der Waals surface area contributed by atoms with Crippen LogP contribution in [0.2, 0.25) is 0 Å². The highest BCUT2D eigenvalue weighted by molar-refractivity contribution is 7.92. The predicted molar refractivity (Wildman–Crippen MR) is 119 cm³/mol. The first kappa shape index (κ1) is 24.3. The molecule has 0 fully saturated rings. The minimum absolute atomic E-state index is 0.0492. The van der Waals surface area contributed by atoms with Crippen molar-refractivity contribution in [1.29, 1.82) is 0 Å². The van der Waals surface area contributed by atoms with E-state index in [9.17, 15) is 26.0 Å². The van der Waals surface area contributed by atoms with Crippen LogP contribution in [0.4, 0.5) is 23.2 Å². The molecule has 0 spiro atoms. The molecule has 2 heterocycles. The summed E-state index contributed by atoms with van der Waals surface area (Å²) in [6.07, 6.45) is 0. The number of H-pyrrole nitrogens is 1. The van der Waals surface area contributed by atoms with Crippen LogP contribution in [0.5, 0.6) is 5.88 Å². The molecule has 4 N–H and O–H groups in total. The number of nitrogens with two attached hydrogens (primary N) is 1. The Morgan fingerprint density at radius 3 is 2.51 bits per heavy atom. The largest absolute Gasteiger partial charge is 0.471 e. The van der Waals surface area contributed by atoms with Gasteiger partial charge in [-0.3, -0.25) is 9.82 Å². The molecule has 2 aromatic heterocycles. The van der Waals surface area contributed by atoms with Crippen molar-refractivity contribution in [2.24, 2.45) is 5.73 Å². The highest BCUT2D eigenvalue weighted by Crippen LogP contribution is 2.29. The van der Waals surface area contributed by atoms with Crippen LogP contribution in [0, 0.1) is 18.6 Å². The van der Waals surface area contributed by atoms with E-state index in [1.807, 2.05) is 0 Å². The number of benzene rings is 2. The Bertz CT molecular complexity index is 1490. The maximum Gasteiger partial charge on any atom is 0.293 e. The lowest BCUT2D eigenvalue weighted by Crippen LogP contribution is -2.34. The Balaban J connectivity index is 1.63. The second kappa shape index (κ2) is 9.11. The lowest BCUT2D eigenvalue weighted by atomic mass is 10.2. The molecule has 9 nitrogen and oxygen atoms in total. The van der Waals surface area contributed by atoms with Crippen LogP contribution in [-0.4, -0.2) is 47.7 Å². The molecule has 0 saturated carbocycles. The zero-order chi connectivity index (χ0) is 25.4. The van der Waals surface area contributed by atoms with Gasteiger partial charge >= 0.3 is 0 Å². The average molecular weight is 510 g/mol. The number of hydrogen-bond acceptors (Lipinski definition) is 7. The number of sulfonamides is 1. The summed E-state index contributed by atoms with van der Waals surface area (Å²) in [5.41, 5.74) is 6.16. The smallest absolute Gasteiger partial charge is 0.293 e. The van der Waals surface area contributed by atoms with Gasteiger partial charge in [0.1, 0.15) is 21.9 Å². The number of alkyl halides is 2. The molecule has 4 rings (SSSR count). The number of aromatic nitrogens is 4. The third-order valence-electron chi connectivity index (χ3n) is 4.86. The van der Waals surface area contributed by atoms with Gasteiger partial charge in [0, 0.05) is 16.9 Å². The minimum atomic E-state index is -4.41. The first-order valence-corrected chi connectivity index (χ1v) is 11.5. The Hall–Kier alpha value is -3.78. The number of ether oxygens (including phenoxy) is 1. The summed E-state index contributed by atoms with van der Waals surface area (Å²) in [7, 11) is -4.41. The highest BCUT2D eigenvalue weighted by Gasteiger charge is 2.29. The van der Waals surface area contributed by atoms with Gasteiger partial charge in [-0.15, -0.1) is 0 Å². The van der Waals surface area contributed by atoms with Gasteiger partial charge in [-0.05, 0) is 49.4 Å². The molecule has 4 aromatic rings. The molecular formula is C21H18F4N6O3S. The lowest BCUT2D eigenvalue weighted by molar-refractivity contribution is -0.0326. The summed E-state index contributed by atoms with van der Waals surface area (Å²) in [6, 6.07) is 7.65. The third kappa shape index (κ3) is 5.17. The fourth-order valence-corrected chi connectivity index (χ4v) is 4.23. The maximum absolute atomic E-state index is 13.9. The number of nitrogens with zero attached hydrogens (tertiary/aromatic N) is 3. The van der Waals surface area contributed by atoms with Crippen molar-refractivity contribution in [1.82, 2.24) is 20.2 Å². The molecule has 14 heteroatoms. The van der Waals surface area contributed by atoms with E-state index >= 15 is 0 Å². The normalized spacial score (nSPS) is 12.2. The van der Waals surface area contributed by atoms with E-state index in [0.717, 1.165) is 6.07 Å². The zero-order valence-electron chi connectivity index (χ0n) is 18.0. The van der Waals surface area contributed by atoms with Crippen molar-refractivity contribution < 1.29 is 30.7 Å². The quantitative estimate of drug-likeness (QED) is 0.309. The first-order valence-electron chi connectivity index (χ1n) is 10.0. The number of rotatable bonds is 8. The van der Waals surface area contributed by atoms with E-state index in [0.29, 0.717) is 28.8 Å². The van der Waals surface area contributed by atoms with Crippen molar-refractivity contribution in [2.75, 3.05) is 17.9 Å². The highest BCUT2D eigenvalue weighted by atomic mass is 32.2. The fourth-order valence-electron chi connectivity index (χ4n) is 3.08. The number of fused-ring (bicyclic) bond motifs is 1. The fraction of sp³-hybridized carbons (Fsp3) is 0.190. The van der Waals surface area contributed by atoms with Gasteiger partial charge in [0.2, 0.25) is 5.88 Å². The van der Waals surface area contributed by atoms with Gasteiger partial charge in [0.25, 0.3) is 15.9 Å². The molecule has 0 bridgehead atoms. The number of anilines is 1. The average Bonchev–Trinajstić information content (AvgIpc) is 3.20. The first-order chi connectivity index (χ1) is 16.5. The van der Waals surface area contributed by atoms with Gasteiger partial charge in [0.05, 0.1) is 6.54 Å². The Morgan fingerprint density at radius 1 is 1.11 bits per heavy atom. The van der Waals surface area contributed by atoms with Crippen molar-refractivity contribution in [3.63, 3.8) is 0 Å². The molecule has 0 amide bonds. The van der Waals surface area contributed by atoms with E-state index in [4.69, 9.17) is 10.5 Å².